The molecule has 1 nitrogen and oxygen atoms in total. The van der Waals surface area contributed by atoms with Gasteiger partial charge in [0.2, 0.25) is 0 Å². The van der Waals surface area contributed by atoms with Crippen molar-refractivity contribution in [1.82, 2.24) is 0 Å². The van der Waals surface area contributed by atoms with Crippen LogP contribution in [0.3, 0.4) is 0 Å². The fourth-order valence-corrected chi connectivity index (χ4v) is 3.59. The van der Waals surface area contributed by atoms with Gasteiger partial charge in [-0.15, -0.1) is 0 Å². The Kier molecular flexibility index (Phi) is 7.77. The van der Waals surface area contributed by atoms with Gasteiger partial charge in [-0.05, 0) is 43.4 Å². The van der Waals surface area contributed by atoms with Crippen LogP contribution in [0.4, 0.5) is 0 Å². The number of rotatable bonds is 7. The first kappa shape index (κ1) is 15.5. The summed E-state index contributed by atoms with van der Waals surface area (Å²) in [5, 5.41) is 0. The predicted molar refractivity (Wildman–Crippen MR) is 78.7 cm³/mol. The Balaban J connectivity index is 2.20. The van der Waals surface area contributed by atoms with Crippen LogP contribution in [0.5, 0.6) is 0 Å². The van der Waals surface area contributed by atoms with E-state index in [2.05, 4.69) is 36.7 Å². The summed E-state index contributed by atoms with van der Waals surface area (Å²) in [7, 11) is 0. The molecule has 0 aromatic carbocycles. The predicted octanol–water partition coefficient (Wildman–Crippen LogP) is 5.03. The lowest BCUT2D eigenvalue weighted by Crippen LogP contribution is -2.26. The van der Waals surface area contributed by atoms with Crippen molar-refractivity contribution in [3.63, 3.8) is 0 Å². The summed E-state index contributed by atoms with van der Waals surface area (Å²) >= 11 is 3.86. The minimum absolute atomic E-state index is 0.661. The van der Waals surface area contributed by atoms with E-state index in [0.717, 1.165) is 29.9 Å². The number of ether oxygens (including phenoxy) is 1. The van der Waals surface area contributed by atoms with Gasteiger partial charge >= 0.3 is 0 Å². The molecule has 1 rings (SSSR count). The fourth-order valence-electron chi connectivity index (χ4n) is 2.85. The third-order valence-corrected chi connectivity index (χ3v) is 4.98. The zero-order chi connectivity index (χ0) is 12.7. The highest BCUT2D eigenvalue weighted by atomic mass is 79.9. The fraction of sp³-hybridized carbons (Fsp3) is 1.00. The second-order valence-electron chi connectivity index (χ2n) is 6.00. The highest BCUT2D eigenvalue weighted by molar-refractivity contribution is 9.09. The van der Waals surface area contributed by atoms with E-state index in [-0.39, 0.29) is 0 Å². The number of alkyl halides is 1. The van der Waals surface area contributed by atoms with E-state index < -0.39 is 0 Å². The van der Waals surface area contributed by atoms with Gasteiger partial charge in [-0.2, -0.15) is 0 Å². The molecule has 3 atom stereocenters. The van der Waals surface area contributed by atoms with Crippen LogP contribution in [0.25, 0.3) is 0 Å². The van der Waals surface area contributed by atoms with Gasteiger partial charge in [0.15, 0.2) is 0 Å². The molecule has 1 fully saturated rings. The van der Waals surface area contributed by atoms with Gasteiger partial charge in [0.25, 0.3) is 0 Å². The molecule has 0 saturated heterocycles. The Morgan fingerprint density at radius 3 is 2.65 bits per heavy atom. The van der Waals surface area contributed by atoms with E-state index >= 15 is 0 Å². The summed E-state index contributed by atoms with van der Waals surface area (Å²) in [6.07, 6.45) is 8.20. The first-order chi connectivity index (χ1) is 8.13. The van der Waals surface area contributed by atoms with Crippen LogP contribution in [-0.2, 0) is 4.74 Å². The van der Waals surface area contributed by atoms with Crippen molar-refractivity contribution >= 4 is 15.9 Å². The molecule has 102 valence electrons. The van der Waals surface area contributed by atoms with Crippen molar-refractivity contribution < 1.29 is 4.74 Å². The van der Waals surface area contributed by atoms with Crippen molar-refractivity contribution in [3.8, 4) is 0 Å². The van der Waals surface area contributed by atoms with Crippen molar-refractivity contribution in [3.05, 3.63) is 0 Å². The smallest absolute Gasteiger partial charge is 0.0488 e. The lowest BCUT2D eigenvalue weighted by atomic mass is 9.78. The van der Waals surface area contributed by atoms with E-state index in [1.165, 1.54) is 38.5 Å². The van der Waals surface area contributed by atoms with Crippen LogP contribution in [0, 0.1) is 17.8 Å². The van der Waals surface area contributed by atoms with Crippen LogP contribution in [0.15, 0.2) is 0 Å². The molecule has 0 aromatic heterocycles. The van der Waals surface area contributed by atoms with Crippen LogP contribution in [-0.4, -0.2) is 18.0 Å². The molecule has 1 aliphatic rings. The molecule has 0 radical (unpaired) electrons. The molecule has 0 aliphatic heterocycles. The molecule has 0 aromatic rings. The van der Waals surface area contributed by atoms with Gasteiger partial charge in [-0.25, -0.2) is 0 Å². The summed E-state index contributed by atoms with van der Waals surface area (Å²) in [5.41, 5.74) is 0. The zero-order valence-electron chi connectivity index (χ0n) is 11.8. The minimum Gasteiger partial charge on any atom is -0.381 e. The van der Waals surface area contributed by atoms with E-state index in [1.807, 2.05) is 0 Å². The van der Waals surface area contributed by atoms with E-state index in [0.29, 0.717) is 5.92 Å². The third kappa shape index (κ3) is 6.24. The molecule has 3 unspecified atom stereocenters. The highest BCUT2D eigenvalue weighted by Gasteiger charge is 2.27. The molecular formula is C15H29BrO. The summed E-state index contributed by atoms with van der Waals surface area (Å²) in [5.74, 6) is 2.48. The Morgan fingerprint density at radius 1 is 1.24 bits per heavy atom. The monoisotopic (exact) mass is 304 g/mol. The maximum absolute atomic E-state index is 5.72. The molecule has 0 heterocycles. The third-order valence-electron chi connectivity index (χ3n) is 3.78. The SMILES string of the molecule is CCCC1CCC(Br)C(CCOCC(C)C)C1. The zero-order valence-corrected chi connectivity index (χ0v) is 13.3. The van der Waals surface area contributed by atoms with Gasteiger partial charge < -0.3 is 4.74 Å². The van der Waals surface area contributed by atoms with Crippen LogP contribution in [0.1, 0.15) is 59.3 Å². The molecule has 0 spiro atoms. The number of hydrogen-bond acceptors (Lipinski definition) is 1. The average Bonchev–Trinajstić information content (AvgIpc) is 2.28. The molecule has 0 N–H and O–H groups in total. The van der Waals surface area contributed by atoms with Gasteiger partial charge in [0.1, 0.15) is 0 Å². The Morgan fingerprint density at radius 2 is 2.00 bits per heavy atom. The minimum atomic E-state index is 0.661. The summed E-state index contributed by atoms with van der Waals surface area (Å²) in [4.78, 5) is 0.734. The summed E-state index contributed by atoms with van der Waals surface area (Å²) in [6.45, 7) is 8.60. The van der Waals surface area contributed by atoms with Crippen molar-refractivity contribution in [1.29, 1.82) is 0 Å². The van der Waals surface area contributed by atoms with E-state index in [9.17, 15) is 0 Å². The lowest BCUT2D eigenvalue weighted by molar-refractivity contribution is 0.0898. The topological polar surface area (TPSA) is 9.23 Å². The second kappa shape index (κ2) is 8.53. The standard InChI is InChI=1S/C15H29BrO/c1-4-5-13-6-7-15(16)14(10-13)8-9-17-11-12(2)3/h12-15H,4-11H2,1-3H3. The largest absolute Gasteiger partial charge is 0.381 e. The molecule has 1 aliphatic carbocycles. The maximum Gasteiger partial charge on any atom is 0.0488 e. The molecular weight excluding hydrogens is 276 g/mol. The Hall–Kier alpha value is 0.440. The van der Waals surface area contributed by atoms with Crippen LogP contribution >= 0.6 is 15.9 Å². The second-order valence-corrected chi connectivity index (χ2v) is 7.18. The van der Waals surface area contributed by atoms with Crippen molar-refractivity contribution in [2.45, 2.75) is 64.1 Å². The summed E-state index contributed by atoms with van der Waals surface area (Å²) < 4.78 is 5.72. The van der Waals surface area contributed by atoms with Crippen LogP contribution in [0.2, 0.25) is 0 Å². The first-order valence-corrected chi connectivity index (χ1v) is 8.26. The lowest BCUT2D eigenvalue weighted by Gasteiger charge is -2.33. The molecule has 0 bridgehead atoms. The molecule has 2 heteroatoms. The van der Waals surface area contributed by atoms with Gasteiger partial charge in [-0.3, -0.25) is 0 Å². The number of halogens is 1. The quantitative estimate of drug-likeness (QED) is 0.473. The molecule has 0 amide bonds. The van der Waals surface area contributed by atoms with E-state index in [4.69, 9.17) is 4.74 Å². The maximum atomic E-state index is 5.72. The van der Waals surface area contributed by atoms with Crippen LogP contribution < -0.4 is 0 Å². The Bertz CT molecular complexity index is 193. The first-order valence-electron chi connectivity index (χ1n) is 7.35. The normalized spacial score (nSPS) is 29.8. The average molecular weight is 305 g/mol. The Labute approximate surface area is 116 Å². The van der Waals surface area contributed by atoms with Gasteiger partial charge in [0.05, 0.1) is 0 Å². The highest BCUT2D eigenvalue weighted by Crippen LogP contribution is 2.37. The van der Waals surface area contributed by atoms with E-state index in [1.54, 1.807) is 0 Å². The molecule has 17 heavy (non-hydrogen) atoms. The summed E-state index contributed by atoms with van der Waals surface area (Å²) in [6, 6.07) is 0. The molecule has 1 saturated carbocycles. The van der Waals surface area contributed by atoms with Crippen molar-refractivity contribution in [2.75, 3.05) is 13.2 Å². The van der Waals surface area contributed by atoms with Gasteiger partial charge in [-0.1, -0.05) is 49.5 Å². The number of hydrogen-bond donors (Lipinski definition) is 0. The van der Waals surface area contributed by atoms with Crippen molar-refractivity contribution in [2.24, 2.45) is 17.8 Å². The van der Waals surface area contributed by atoms with Gasteiger partial charge in [0, 0.05) is 18.0 Å².